The molecule has 0 heterocycles. The lowest BCUT2D eigenvalue weighted by atomic mass is 10.3. The lowest BCUT2D eigenvalue weighted by Gasteiger charge is -1.98. The van der Waals surface area contributed by atoms with E-state index in [4.69, 9.17) is 18.2 Å². The molecule has 0 unspecified atom stereocenters. The Morgan fingerprint density at radius 2 is 0.958 bits per heavy atom. The first kappa shape index (κ1) is 18.3. The Bertz CT molecular complexity index is 869. The van der Waals surface area contributed by atoms with Crippen molar-refractivity contribution in [2.24, 2.45) is 0 Å². The van der Waals surface area contributed by atoms with Gasteiger partial charge in [-0.15, -0.1) is 0 Å². The fourth-order valence-electron chi connectivity index (χ4n) is 1.54. The van der Waals surface area contributed by atoms with Crippen LogP contribution in [-0.4, -0.2) is 25.9 Å². The van der Waals surface area contributed by atoms with Gasteiger partial charge in [-0.3, -0.25) is 9.11 Å². The molecule has 2 N–H and O–H groups in total. The molecule has 0 bridgehead atoms. The molecule has 9 nitrogen and oxygen atoms in total. The van der Waals surface area contributed by atoms with Gasteiger partial charge in [0.05, 0.1) is 9.79 Å². The Labute approximate surface area is 138 Å². The predicted molar refractivity (Wildman–Crippen MR) is 81.4 cm³/mol. The van der Waals surface area contributed by atoms with Crippen LogP contribution < -0.4 is 9.05 Å². The van der Waals surface area contributed by atoms with E-state index in [0.717, 1.165) is 24.3 Å². The number of hydrogen-bond donors (Lipinski definition) is 2. The zero-order valence-corrected chi connectivity index (χ0v) is 14.2. The van der Waals surface area contributed by atoms with E-state index in [2.05, 4.69) is 0 Å². The number of benzene rings is 2. The minimum atomic E-state index is -4.34. The van der Waals surface area contributed by atoms with Crippen LogP contribution in [0.2, 0.25) is 0 Å². The van der Waals surface area contributed by atoms with E-state index in [-0.39, 0.29) is 21.3 Å². The average molecular weight is 393 g/mol. The summed E-state index contributed by atoms with van der Waals surface area (Å²) in [5.74, 6) is 0.0520. The van der Waals surface area contributed by atoms with Crippen molar-refractivity contribution in [3.8, 4) is 11.5 Å². The molecule has 24 heavy (non-hydrogen) atoms. The summed E-state index contributed by atoms with van der Waals surface area (Å²) in [6, 6.07) is 8.87. The average Bonchev–Trinajstić information content (AvgIpc) is 2.46. The highest BCUT2D eigenvalue weighted by Crippen LogP contribution is 2.31. The van der Waals surface area contributed by atoms with Crippen molar-refractivity contribution < 1.29 is 39.6 Å². The molecule has 0 atom stereocenters. The highest BCUT2D eigenvalue weighted by atomic mass is 32.2. The molecule has 0 radical (unpaired) electrons. The second-order valence-corrected chi connectivity index (χ2v) is 7.95. The highest BCUT2D eigenvalue weighted by Gasteiger charge is 2.25. The third-order valence-electron chi connectivity index (χ3n) is 2.60. The molecule has 0 aliphatic carbocycles. The lowest BCUT2D eigenvalue weighted by molar-refractivity contribution is 0.415. The standard InChI is InChI=1S/C12H9O9PS2/c13-22(20-9-1-5-11(6-2-9)23(14,15)16)21-10-3-7-12(8-4-10)24(17,18)19/h1-8H,(H-,14,15,16,17,18,19)/p+1. The van der Waals surface area contributed by atoms with Gasteiger partial charge in [0.1, 0.15) is 0 Å². The van der Waals surface area contributed by atoms with E-state index < -0.39 is 28.5 Å². The van der Waals surface area contributed by atoms with Crippen LogP contribution in [-0.2, 0) is 24.8 Å². The normalized spacial score (nSPS) is 11.8. The third-order valence-corrected chi connectivity index (χ3v) is 5.06. The van der Waals surface area contributed by atoms with Crippen LogP contribution in [0.3, 0.4) is 0 Å². The first-order chi connectivity index (χ1) is 11.1. The largest absolute Gasteiger partial charge is 0.805 e. The molecule has 128 valence electrons. The quantitative estimate of drug-likeness (QED) is 0.558. The molecule has 12 heteroatoms. The number of hydrogen-bond acceptors (Lipinski definition) is 7. The minimum absolute atomic E-state index is 0.0260. The van der Waals surface area contributed by atoms with Crippen LogP contribution in [0.25, 0.3) is 0 Å². The van der Waals surface area contributed by atoms with Gasteiger partial charge in [0.2, 0.25) is 0 Å². The van der Waals surface area contributed by atoms with E-state index in [1.165, 1.54) is 24.3 Å². The Morgan fingerprint density at radius 3 is 1.21 bits per heavy atom. The highest BCUT2D eigenvalue weighted by molar-refractivity contribution is 7.86. The summed E-state index contributed by atoms with van der Waals surface area (Å²) in [7, 11) is -11.4. The van der Waals surface area contributed by atoms with Crippen LogP contribution >= 0.6 is 8.25 Å². The van der Waals surface area contributed by atoms with Crippen molar-refractivity contribution in [3.05, 3.63) is 48.5 Å². The van der Waals surface area contributed by atoms with Crippen molar-refractivity contribution in [2.45, 2.75) is 9.79 Å². The molecular weight excluding hydrogens is 383 g/mol. The lowest BCUT2D eigenvalue weighted by Crippen LogP contribution is -1.98. The third kappa shape index (κ3) is 4.98. The predicted octanol–water partition coefficient (Wildman–Crippen LogP) is 2.30. The smallest absolute Gasteiger partial charge is 0.282 e. The second-order valence-electron chi connectivity index (χ2n) is 4.30. The Kier molecular flexibility index (Phi) is 5.21. The van der Waals surface area contributed by atoms with E-state index >= 15 is 0 Å². The van der Waals surface area contributed by atoms with Gasteiger partial charge in [-0.1, -0.05) is 0 Å². The van der Waals surface area contributed by atoms with Crippen LogP contribution in [0.4, 0.5) is 0 Å². The molecule has 2 aromatic rings. The first-order valence-corrected chi connectivity index (χ1v) is 10.0. The van der Waals surface area contributed by atoms with Crippen molar-refractivity contribution in [1.29, 1.82) is 0 Å². The van der Waals surface area contributed by atoms with Gasteiger partial charge in [-0.05, 0) is 48.5 Å². The Balaban J connectivity index is 2.03. The molecule has 0 saturated carbocycles. The Hall–Kier alpha value is -2.04. The minimum Gasteiger partial charge on any atom is -0.282 e. The monoisotopic (exact) mass is 393 g/mol. The zero-order chi connectivity index (χ0) is 18.0. The van der Waals surface area contributed by atoms with Gasteiger partial charge in [-0.25, -0.2) is 9.05 Å². The number of rotatable bonds is 6. The van der Waals surface area contributed by atoms with E-state index in [1.54, 1.807) is 0 Å². The summed E-state index contributed by atoms with van der Waals surface area (Å²) < 4.78 is 82.7. The fourth-order valence-corrected chi connectivity index (χ4v) is 3.12. The second kappa shape index (κ2) is 6.83. The first-order valence-electron chi connectivity index (χ1n) is 6.04. The molecule has 0 aromatic heterocycles. The summed E-state index contributed by atoms with van der Waals surface area (Å²) in [5.41, 5.74) is 0. The van der Waals surface area contributed by atoms with Crippen molar-refractivity contribution in [1.82, 2.24) is 0 Å². The maximum Gasteiger partial charge on any atom is 0.805 e. The fraction of sp³-hybridized carbons (Fsp3) is 0. The van der Waals surface area contributed by atoms with Gasteiger partial charge in [0, 0.05) is 4.57 Å². The van der Waals surface area contributed by atoms with E-state index in [0.29, 0.717) is 0 Å². The summed E-state index contributed by atoms with van der Waals surface area (Å²) in [6.45, 7) is 0. The maximum atomic E-state index is 11.7. The maximum absolute atomic E-state index is 11.7. The molecule has 0 spiro atoms. The summed E-state index contributed by atoms with van der Waals surface area (Å²) in [5, 5.41) is 0. The van der Waals surface area contributed by atoms with Crippen LogP contribution in [0.15, 0.2) is 58.3 Å². The SMILES string of the molecule is O=[P+](Oc1ccc(S(=O)(=O)O)cc1)Oc1ccc(S(=O)(=O)O)cc1. The van der Waals surface area contributed by atoms with Crippen LogP contribution in [0.5, 0.6) is 11.5 Å². The van der Waals surface area contributed by atoms with Gasteiger partial charge in [0.25, 0.3) is 20.2 Å². The van der Waals surface area contributed by atoms with Crippen molar-refractivity contribution in [2.75, 3.05) is 0 Å². The van der Waals surface area contributed by atoms with Gasteiger partial charge in [-0.2, -0.15) is 16.8 Å². The van der Waals surface area contributed by atoms with Crippen LogP contribution in [0, 0.1) is 0 Å². The van der Waals surface area contributed by atoms with Gasteiger partial charge >= 0.3 is 8.25 Å². The Morgan fingerprint density at radius 1 is 0.667 bits per heavy atom. The molecule has 0 aliphatic heterocycles. The molecular formula is C12H10O9PS2+. The molecule has 2 rings (SSSR count). The molecule has 2 aromatic carbocycles. The van der Waals surface area contributed by atoms with Crippen molar-refractivity contribution in [3.63, 3.8) is 0 Å². The summed E-state index contributed by atoms with van der Waals surface area (Å²) in [6.07, 6.45) is 0. The molecule has 0 amide bonds. The van der Waals surface area contributed by atoms with Crippen molar-refractivity contribution >= 4 is 28.5 Å². The van der Waals surface area contributed by atoms with E-state index in [1.807, 2.05) is 0 Å². The summed E-state index contributed by atoms with van der Waals surface area (Å²) in [4.78, 5) is -0.710. The topological polar surface area (TPSA) is 144 Å². The van der Waals surface area contributed by atoms with Crippen LogP contribution in [0.1, 0.15) is 0 Å². The summed E-state index contributed by atoms with van der Waals surface area (Å²) >= 11 is 0. The molecule has 0 saturated heterocycles. The zero-order valence-electron chi connectivity index (χ0n) is 11.6. The molecule has 0 fully saturated rings. The van der Waals surface area contributed by atoms with E-state index in [9.17, 15) is 21.4 Å². The van der Waals surface area contributed by atoms with Gasteiger partial charge < -0.3 is 0 Å². The molecule has 0 aliphatic rings. The van der Waals surface area contributed by atoms with Gasteiger partial charge in [0.15, 0.2) is 11.5 Å².